The SMILES string of the molecule is CC(C)Cc1[c]c(CC(C)C)[nH]n1. The summed E-state index contributed by atoms with van der Waals surface area (Å²) < 4.78 is 0. The van der Waals surface area contributed by atoms with Crippen molar-refractivity contribution in [3.63, 3.8) is 0 Å². The van der Waals surface area contributed by atoms with E-state index < -0.39 is 0 Å². The molecule has 73 valence electrons. The molecule has 0 aliphatic rings. The van der Waals surface area contributed by atoms with Crippen LogP contribution in [-0.4, -0.2) is 10.2 Å². The minimum Gasteiger partial charge on any atom is -0.282 e. The summed E-state index contributed by atoms with van der Waals surface area (Å²) in [5.74, 6) is 1.33. The van der Waals surface area contributed by atoms with Gasteiger partial charge in [-0.3, -0.25) is 5.10 Å². The van der Waals surface area contributed by atoms with Gasteiger partial charge in [0.1, 0.15) is 0 Å². The second-order valence-corrected chi connectivity index (χ2v) is 4.47. The van der Waals surface area contributed by atoms with Gasteiger partial charge in [-0.2, -0.15) is 5.10 Å². The summed E-state index contributed by atoms with van der Waals surface area (Å²) in [7, 11) is 0. The highest BCUT2D eigenvalue weighted by Crippen LogP contribution is 2.09. The average Bonchev–Trinajstić information content (AvgIpc) is 2.33. The molecule has 1 radical (unpaired) electrons. The van der Waals surface area contributed by atoms with Crippen LogP contribution in [0, 0.1) is 17.9 Å². The van der Waals surface area contributed by atoms with Crippen LogP contribution in [-0.2, 0) is 12.8 Å². The van der Waals surface area contributed by atoms with Crippen molar-refractivity contribution in [2.45, 2.75) is 40.5 Å². The summed E-state index contributed by atoms with van der Waals surface area (Å²) in [5.41, 5.74) is 2.22. The van der Waals surface area contributed by atoms with Crippen LogP contribution in [0.1, 0.15) is 39.1 Å². The summed E-state index contributed by atoms with van der Waals surface area (Å²) in [6, 6.07) is 3.31. The minimum atomic E-state index is 0.659. The first-order valence-electron chi connectivity index (χ1n) is 5.03. The lowest BCUT2D eigenvalue weighted by Crippen LogP contribution is -1.94. The molecule has 1 N–H and O–H groups in total. The van der Waals surface area contributed by atoms with Gasteiger partial charge in [0.15, 0.2) is 0 Å². The number of aromatic nitrogens is 2. The van der Waals surface area contributed by atoms with Gasteiger partial charge in [-0.1, -0.05) is 27.7 Å². The lowest BCUT2D eigenvalue weighted by atomic mass is 10.1. The normalized spacial score (nSPS) is 11.5. The molecule has 0 saturated carbocycles. The topological polar surface area (TPSA) is 28.7 Å². The van der Waals surface area contributed by atoms with Gasteiger partial charge in [-0.15, -0.1) is 0 Å². The van der Waals surface area contributed by atoms with Gasteiger partial charge in [0.2, 0.25) is 0 Å². The molecule has 0 saturated heterocycles. The van der Waals surface area contributed by atoms with E-state index in [4.69, 9.17) is 0 Å². The van der Waals surface area contributed by atoms with E-state index in [0.29, 0.717) is 11.8 Å². The van der Waals surface area contributed by atoms with Gasteiger partial charge >= 0.3 is 0 Å². The molecule has 0 fully saturated rings. The number of nitrogens with zero attached hydrogens (tertiary/aromatic N) is 1. The van der Waals surface area contributed by atoms with Gasteiger partial charge in [-0.25, -0.2) is 0 Å². The third-order valence-corrected chi connectivity index (χ3v) is 1.83. The van der Waals surface area contributed by atoms with E-state index >= 15 is 0 Å². The Hall–Kier alpha value is -0.790. The van der Waals surface area contributed by atoms with Gasteiger partial charge < -0.3 is 0 Å². The molecular weight excluding hydrogens is 160 g/mol. The molecular formula is C11H19N2. The Balaban J connectivity index is 2.53. The maximum Gasteiger partial charge on any atom is 0.0707 e. The molecule has 2 nitrogen and oxygen atoms in total. The van der Waals surface area contributed by atoms with Gasteiger partial charge in [0.05, 0.1) is 5.69 Å². The molecule has 0 aromatic carbocycles. The molecule has 0 spiro atoms. The highest BCUT2D eigenvalue weighted by molar-refractivity contribution is 5.07. The lowest BCUT2D eigenvalue weighted by Gasteiger charge is -1.99. The maximum atomic E-state index is 4.23. The average molecular weight is 179 g/mol. The second kappa shape index (κ2) is 4.45. The van der Waals surface area contributed by atoms with Crippen molar-refractivity contribution in [3.05, 3.63) is 17.5 Å². The van der Waals surface area contributed by atoms with Crippen LogP contribution in [0.5, 0.6) is 0 Å². The molecule has 0 bridgehead atoms. The van der Waals surface area contributed by atoms with Crippen LogP contribution in [0.4, 0.5) is 0 Å². The zero-order valence-corrected chi connectivity index (χ0v) is 9.02. The molecule has 0 aliphatic heterocycles. The van der Waals surface area contributed by atoms with E-state index in [2.05, 4.69) is 44.0 Å². The van der Waals surface area contributed by atoms with E-state index in [1.807, 2.05) is 0 Å². The third-order valence-electron chi connectivity index (χ3n) is 1.83. The minimum absolute atomic E-state index is 0.659. The zero-order valence-electron chi connectivity index (χ0n) is 9.02. The van der Waals surface area contributed by atoms with Crippen molar-refractivity contribution in [3.8, 4) is 0 Å². The number of hydrogen-bond acceptors (Lipinski definition) is 1. The summed E-state index contributed by atoms with van der Waals surface area (Å²) in [6.45, 7) is 8.81. The Morgan fingerprint density at radius 3 is 2.31 bits per heavy atom. The Kier molecular flexibility index (Phi) is 3.52. The van der Waals surface area contributed by atoms with E-state index in [-0.39, 0.29) is 0 Å². The van der Waals surface area contributed by atoms with Crippen LogP contribution in [0.2, 0.25) is 0 Å². The van der Waals surface area contributed by atoms with Crippen molar-refractivity contribution in [1.29, 1.82) is 0 Å². The smallest absolute Gasteiger partial charge is 0.0707 e. The molecule has 1 aromatic heterocycles. The predicted molar refractivity (Wildman–Crippen MR) is 54.5 cm³/mol. The van der Waals surface area contributed by atoms with Crippen LogP contribution >= 0.6 is 0 Å². The van der Waals surface area contributed by atoms with E-state index in [1.165, 1.54) is 0 Å². The Bertz CT molecular complexity index is 224. The van der Waals surface area contributed by atoms with Gasteiger partial charge in [-0.05, 0) is 24.7 Å². The van der Waals surface area contributed by atoms with Crippen LogP contribution in [0.3, 0.4) is 0 Å². The molecule has 1 heterocycles. The van der Waals surface area contributed by atoms with Gasteiger partial charge in [0.25, 0.3) is 0 Å². The molecule has 13 heavy (non-hydrogen) atoms. The molecule has 2 heteroatoms. The van der Waals surface area contributed by atoms with Crippen molar-refractivity contribution in [1.82, 2.24) is 10.2 Å². The van der Waals surface area contributed by atoms with Gasteiger partial charge in [0, 0.05) is 11.8 Å². The van der Waals surface area contributed by atoms with Crippen LogP contribution in [0.25, 0.3) is 0 Å². The summed E-state index contributed by atoms with van der Waals surface area (Å²) in [5, 5.41) is 7.27. The van der Waals surface area contributed by atoms with E-state index in [9.17, 15) is 0 Å². The molecule has 1 rings (SSSR count). The Labute approximate surface area is 80.7 Å². The largest absolute Gasteiger partial charge is 0.282 e. The molecule has 0 aliphatic carbocycles. The summed E-state index contributed by atoms with van der Waals surface area (Å²) in [4.78, 5) is 0. The summed E-state index contributed by atoms with van der Waals surface area (Å²) in [6.07, 6.45) is 2.07. The monoisotopic (exact) mass is 179 g/mol. The number of nitrogens with one attached hydrogen (secondary N) is 1. The van der Waals surface area contributed by atoms with E-state index in [1.54, 1.807) is 0 Å². The van der Waals surface area contributed by atoms with Crippen LogP contribution < -0.4 is 0 Å². The molecule has 0 unspecified atom stereocenters. The fraction of sp³-hybridized carbons (Fsp3) is 0.727. The lowest BCUT2D eigenvalue weighted by molar-refractivity contribution is 0.630. The van der Waals surface area contributed by atoms with Crippen molar-refractivity contribution >= 4 is 0 Å². The van der Waals surface area contributed by atoms with Crippen molar-refractivity contribution in [2.24, 2.45) is 11.8 Å². The first kappa shape index (κ1) is 10.3. The zero-order chi connectivity index (χ0) is 9.84. The van der Waals surface area contributed by atoms with E-state index in [0.717, 1.165) is 24.2 Å². The van der Waals surface area contributed by atoms with Crippen molar-refractivity contribution < 1.29 is 0 Å². The first-order valence-corrected chi connectivity index (χ1v) is 5.03. The number of H-pyrrole nitrogens is 1. The van der Waals surface area contributed by atoms with Crippen LogP contribution in [0.15, 0.2) is 0 Å². The second-order valence-electron chi connectivity index (χ2n) is 4.47. The molecule has 1 aromatic rings. The maximum absolute atomic E-state index is 4.23. The Morgan fingerprint density at radius 2 is 1.77 bits per heavy atom. The molecule has 0 atom stereocenters. The summed E-state index contributed by atoms with van der Waals surface area (Å²) >= 11 is 0. The highest BCUT2D eigenvalue weighted by Gasteiger charge is 2.05. The third kappa shape index (κ3) is 3.62. The Morgan fingerprint density at radius 1 is 1.15 bits per heavy atom. The van der Waals surface area contributed by atoms with Crippen molar-refractivity contribution in [2.75, 3.05) is 0 Å². The first-order chi connectivity index (χ1) is 6.08. The number of hydrogen-bond donors (Lipinski definition) is 1. The predicted octanol–water partition coefficient (Wildman–Crippen LogP) is 2.61. The standard InChI is InChI=1S/C11H19N2/c1-8(2)5-10-7-11(13-12-10)6-9(3)4/h8-9H,5-6H2,1-4H3,(H,12,13). The fourth-order valence-electron chi connectivity index (χ4n) is 1.35. The molecule has 0 amide bonds. The fourth-order valence-corrected chi connectivity index (χ4v) is 1.35. The number of aromatic amines is 1. The number of rotatable bonds is 4. The highest BCUT2D eigenvalue weighted by atomic mass is 15.1. The quantitative estimate of drug-likeness (QED) is 0.756.